The van der Waals surface area contributed by atoms with Crippen LogP contribution in [0.3, 0.4) is 0 Å². The van der Waals surface area contributed by atoms with Crippen molar-refractivity contribution in [1.82, 2.24) is 14.8 Å². The Labute approximate surface area is 120 Å². The summed E-state index contributed by atoms with van der Waals surface area (Å²) in [6.07, 6.45) is 2.94. The molecule has 21 heavy (non-hydrogen) atoms. The third-order valence-corrected chi connectivity index (χ3v) is 3.23. The van der Waals surface area contributed by atoms with Gasteiger partial charge in [0.15, 0.2) is 5.65 Å². The molecule has 3 aromatic rings. The Balaban J connectivity index is 1.78. The van der Waals surface area contributed by atoms with E-state index in [0.29, 0.717) is 12.3 Å². The minimum absolute atomic E-state index is 0.142. The van der Waals surface area contributed by atoms with E-state index in [1.807, 2.05) is 20.0 Å². The van der Waals surface area contributed by atoms with Gasteiger partial charge in [0.05, 0.1) is 29.7 Å². The van der Waals surface area contributed by atoms with Gasteiger partial charge in [0.1, 0.15) is 12.0 Å². The molecule has 0 aliphatic heterocycles. The number of aryl methyl sites for hydroxylation is 2. The van der Waals surface area contributed by atoms with Crippen LogP contribution in [0.1, 0.15) is 21.8 Å². The number of fused-ring (bicyclic) bond motifs is 1. The summed E-state index contributed by atoms with van der Waals surface area (Å²) in [5.41, 5.74) is 2.70. The zero-order chi connectivity index (χ0) is 15.0. The quantitative estimate of drug-likeness (QED) is 0.763. The van der Waals surface area contributed by atoms with Crippen molar-refractivity contribution in [1.29, 1.82) is 0 Å². The minimum atomic E-state index is -1.00. The highest BCUT2D eigenvalue weighted by Crippen LogP contribution is 2.20. The molecule has 7 nitrogen and oxygen atoms in total. The summed E-state index contributed by atoms with van der Waals surface area (Å²) in [4.78, 5) is 15.1. The van der Waals surface area contributed by atoms with Gasteiger partial charge in [0.2, 0.25) is 0 Å². The van der Waals surface area contributed by atoms with Crippen LogP contribution in [0, 0.1) is 6.92 Å². The third kappa shape index (κ3) is 2.45. The van der Waals surface area contributed by atoms with E-state index in [0.717, 1.165) is 22.4 Å². The number of hydrogen-bond donors (Lipinski definition) is 2. The van der Waals surface area contributed by atoms with Crippen molar-refractivity contribution in [3.8, 4) is 0 Å². The van der Waals surface area contributed by atoms with Crippen molar-refractivity contribution in [3.63, 3.8) is 0 Å². The molecular weight excluding hydrogens is 272 g/mol. The number of pyridine rings is 1. The molecule has 7 heteroatoms. The number of furan rings is 1. The molecule has 0 aliphatic carbocycles. The second kappa shape index (κ2) is 4.93. The molecular formula is C14H14N4O3. The summed E-state index contributed by atoms with van der Waals surface area (Å²) in [7, 11) is 1.85. The summed E-state index contributed by atoms with van der Waals surface area (Å²) < 4.78 is 6.92. The number of carboxylic acids is 1. The maximum atomic E-state index is 10.8. The molecule has 3 heterocycles. The van der Waals surface area contributed by atoms with Gasteiger partial charge in [0.25, 0.3) is 0 Å². The molecule has 0 amide bonds. The maximum Gasteiger partial charge on any atom is 0.338 e. The molecule has 0 bridgehead atoms. The molecule has 0 fully saturated rings. The second-order valence-electron chi connectivity index (χ2n) is 4.76. The second-order valence-corrected chi connectivity index (χ2v) is 4.76. The van der Waals surface area contributed by atoms with Crippen LogP contribution in [0.5, 0.6) is 0 Å². The Morgan fingerprint density at radius 3 is 3.00 bits per heavy atom. The Morgan fingerprint density at radius 1 is 1.48 bits per heavy atom. The number of hydrogen-bond acceptors (Lipinski definition) is 5. The number of anilines is 1. The molecule has 0 atom stereocenters. The van der Waals surface area contributed by atoms with Gasteiger partial charge in [0, 0.05) is 12.4 Å². The fraction of sp³-hybridized carbons (Fsp3) is 0.214. The summed E-state index contributed by atoms with van der Waals surface area (Å²) in [5, 5.41) is 17.3. The van der Waals surface area contributed by atoms with Crippen molar-refractivity contribution in [2.45, 2.75) is 13.5 Å². The van der Waals surface area contributed by atoms with Crippen LogP contribution < -0.4 is 5.32 Å². The first-order valence-electron chi connectivity index (χ1n) is 6.38. The van der Waals surface area contributed by atoms with E-state index in [-0.39, 0.29) is 5.56 Å². The first-order chi connectivity index (χ1) is 10.0. The van der Waals surface area contributed by atoms with Crippen LogP contribution in [-0.4, -0.2) is 25.8 Å². The normalized spacial score (nSPS) is 11.0. The van der Waals surface area contributed by atoms with Crippen molar-refractivity contribution < 1.29 is 14.3 Å². The monoisotopic (exact) mass is 286 g/mol. The third-order valence-electron chi connectivity index (χ3n) is 3.23. The zero-order valence-electron chi connectivity index (χ0n) is 11.6. The topological polar surface area (TPSA) is 93.2 Å². The standard InChI is InChI=1S/C14H14N4O3/c1-8-12-4-10(5-16-13(12)18(2)17-8)15-6-11-3-9(7-21-11)14(19)20/h3-5,7,15H,6H2,1-2H3,(H,19,20). The highest BCUT2D eigenvalue weighted by Gasteiger charge is 2.09. The van der Waals surface area contributed by atoms with Crippen molar-refractivity contribution in [2.24, 2.45) is 7.05 Å². The molecule has 0 spiro atoms. The molecule has 0 saturated carbocycles. The van der Waals surface area contributed by atoms with Crippen molar-refractivity contribution in [2.75, 3.05) is 5.32 Å². The smallest absolute Gasteiger partial charge is 0.338 e. The van der Waals surface area contributed by atoms with Crippen molar-refractivity contribution in [3.05, 3.63) is 41.6 Å². The molecule has 3 rings (SSSR count). The van der Waals surface area contributed by atoms with Crippen LogP contribution in [0.25, 0.3) is 11.0 Å². The first kappa shape index (κ1) is 13.2. The van der Waals surface area contributed by atoms with Crippen LogP contribution >= 0.6 is 0 Å². The molecule has 0 aromatic carbocycles. The average Bonchev–Trinajstić information content (AvgIpc) is 3.03. The van der Waals surface area contributed by atoms with Gasteiger partial charge in [-0.25, -0.2) is 9.78 Å². The van der Waals surface area contributed by atoms with E-state index in [1.165, 1.54) is 12.3 Å². The minimum Gasteiger partial charge on any atom is -0.478 e. The summed E-state index contributed by atoms with van der Waals surface area (Å²) >= 11 is 0. The molecule has 3 aromatic heterocycles. The summed E-state index contributed by atoms with van der Waals surface area (Å²) in [6, 6.07) is 3.46. The highest BCUT2D eigenvalue weighted by atomic mass is 16.4. The van der Waals surface area contributed by atoms with Gasteiger partial charge < -0.3 is 14.8 Å². The number of rotatable bonds is 4. The predicted molar refractivity (Wildman–Crippen MR) is 76.2 cm³/mol. The van der Waals surface area contributed by atoms with Crippen LogP contribution in [0.2, 0.25) is 0 Å². The lowest BCUT2D eigenvalue weighted by molar-refractivity contribution is 0.0696. The van der Waals surface area contributed by atoms with E-state index >= 15 is 0 Å². The van der Waals surface area contributed by atoms with E-state index in [4.69, 9.17) is 9.52 Å². The van der Waals surface area contributed by atoms with Crippen LogP contribution in [0.15, 0.2) is 29.0 Å². The van der Waals surface area contributed by atoms with Crippen molar-refractivity contribution >= 4 is 22.7 Å². The predicted octanol–water partition coefficient (Wildman–Crippen LogP) is 2.18. The molecule has 2 N–H and O–H groups in total. The number of carbonyl (C=O) groups is 1. The number of nitrogens with one attached hydrogen (secondary N) is 1. The van der Waals surface area contributed by atoms with Crippen LogP contribution in [-0.2, 0) is 13.6 Å². The maximum absolute atomic E-state index is 10.8. The van der Waals surface area contributed by atoms with Gasteiger partial charge in [-0.3, -0.25) is 4.68 Å². The van der Waals surface area contributed by atoms with E-state index in [1.54, 1.807) is 10.9 Å². The number of aromatic carboxylic acids is 1. The Hall–Kier alpha value is -2.83. The first-order valence-corrected chi connectivity index (χ1v) is 6.38. The Kier molecular flexibility index (Phi) is 3.09. The number of carboxylic acid groups (broad SMARTS) is 1. The fourth-order valence-corrected chi connectivity index (χ4v) is 2.18. The summed E-state index contributed by atoms with van der Waals surface area (Å²) in [6.45, 7) is 2.32. The molecule has 0 aliphatic rings. The lowest BCUT2D eigenvalue weighted by Crippen LogP contribution is -1.99. The number of aromatic nitrogens is 3. The molecule has 0 saturated heterocycles. The SMILES string of the molecule is Cc1nn(C)c2ncc(NCc3cc(C(=O)O)co3)cc12. The molecule has 0 radical (unpaired) electrons. The zero-order valence-corrected chi connectivity index (χ0v) is 11.6. The molecule has 0 unspecified atom stereocenters. The Morgan fingerprint density at radius 2 is 2.29 bits per heavy atom. The lowest BCUT2D eigenvalue weighted by Gasteiger charge is -2.04. The lowest BCUT2D eigenvalue weighted by atomic mass is 10.2. The van der Waals surface area contributed by atoms with Gasteiger partial charge in [-0.15, -0.1) is 0 Å². The summed E-state index contributed by atoms with van der Waals surface area (Å²) in [5.74, 6) is -0.450. The largest absolute Gasteiger partial charge is 0.478 e. The highest BCUT2D eigenvalue weighted by molar-refractivity contribution is 5.87. The molecule has 108 valence electrons. The van der Waals surface area contributed by atoms with Gasteiger partial charge in [-0.2, -0.15) is 5.10 Å². The fourth-order valence-electron chi connectivity index (χ4n) is 2.18. The number of nitrogens with zero attached hydrogens (tertiary/aromatic N) is 3. The van der Waals surface area contributed by atoms with Gasteiger partial charge in [-0.1, -0.05) is 0 Å². The van der Waals surface area contributed by atoms with E-state index in [9.17, 15) is 4.79 Å². The Bertz CT molecular complexity index is 819. The van der Waals surface area contributed by atoms with Gasteiger partial charge >= 0.3 is 5.97 Å². The van der Waals surface area contributed by atoms with E-state index in [2.05, 4.69) is 15.4 Å². The van der Waals surface area contributed by atoms with Gasteiger partial charge in [-0.05, 0) is 19.1 Å². The average molecular weight is 286 g/mol. The van der Waals surface area contributed by atoms with Crippen LogP contribution in [0.4, 0.5) is 5.69 Å². The van der Waals surface area contributed by atoms with E-state index < -0.39 is 5.97 Å².